The van der Waals surface area contributed by atoms with Crippen molar-refractivity contribution < 1.29 is 14.3 Å². The lowest BCUT2D eigenvalue weighted by atomic mass is 9.82. The van der Waals surface area contributed by atoms with Gasteiger partial charge in [-0.05, 0) is 61.1 Å². The van der Waals surface area contributed by atoms with Gasteiger partial charge < -0.3 is 15.7 Å². The quantitative estimate of drug-likeness (QED) is 0.424. The molecule has 1 aliphatic heterocycles. The molecule has 3 N–H and O–H groups in total. The molecule has 6 heteroatoms. The highest BCUT2D eigenvalue weighted by atomic mass is 19.1. The van der Waals surface area contributed by atoms with Crippen molar-refractivity contribution in [1.82, 2.24) is 10.3 Å². The molecule has 0 aliphatic carbocycles. The highest BCUT2D eigenvalue weighted by Gasteiger charge is 2.31. The first kappa shape index (κ1) is 23.9. The summed E-state index contributed by atoms with van der Waals surface area (Å²) in [6.07, 6.45) is 2.67. The predicted molar refractivity (Wildman–Crippen MR) is 133 cm³/mol. The number of nitrogens with zero attached hydrogens (tertiary/aromatic N) is 1. The number of carboxylic acid groups (broad SMARTS) is 1. The van der Waals surface area contributed by atoms with Gasteiger partial charge in [-0.15, -0.1) is 0 Å². The van der Waals surface area contributed by atoms with E-state index in [1.165, 1.54) is 11.6 Å². The largest absolute Gasteiger partial charge is 0.481 e. The van der Waals surface area contributed by atoms with E-state index < -0.39 is 11.4 Å². The Morgan fingerprint density at radius 2 is 1.97 bits per heavy atom. The van der Waals surface area contributed by atoms with Crippen LogP contribution in [-0.4, -0.2) is 29.1 Å². The number of aromatic nitrogens is 1. The fourth-order valence-electron chi connectivity index (χ4n) is 4.62. The molecule has 0 saturated heterocycles. The van der Waals surface area contributed by atoms with Gasteiger partial charge in [-0.1, -0.05) is 49.4 Å². The number of fused-ring (bicyclic) bond motifs is 1. The molecule has 0 amide bonds. The molecule has 34 heavy (non-hydrogen) atoms. The summed E-state index contributed by atoms with van der Waals surface area (Å²) < 4.78 is 14.8. The Labute approximate surface area is 200 Å². The van der Waals surface area contributed by atoms with Crippen LogP contribution in [0.1, 0.15) is 55.1 Å². The fraction of sp³-hybridized carbons (Fsp3) is 0.357. The van der Waals surface area contributed by atoms with Gasteiger partial charge in [-0.25, -0.2) is 4.39 Å². The van der Waals surface area contributed by atoms with E-state index in [-0.39, 0.29) is 23.7 Å². The number of aliphatic carboxylic acids is 1. The maximum Gasteiger partial charge on any atom is 0.313 e. The topological polar surface area (TPSA) is 74.2 Å². The van der Waals surface area contributed by atoms with Crippen LogP contribution < -0.4 is 10.6 Å². The summed E-state index contributed by atoms with van der Waals surface area (Å²) >= 11 is 0. The number of pyridine rings is 1. The monoisotopic (exact) mass is 461 g/mol. The van der Waals surface area contributed by atoms with Crippen LogP contribution in [0.3, 0.4) is 0 Å². The van der Waals surface area contributed by atoms with E-state index in [1.807, 2.05) is 37.4 Å². The van der Waals surface area contributed by atoms with E-state index in [4.69, 9.17) is 0 Å². The number of hydrogen-bond acceptors (Lipinski definition) is 4. The lowest BCUT2D eigenvalue weighted by Crippen LogP contribution is -2.38. The lowest BCUT2D eigenvalue weighted by Gasteiger charge is -2.33. The van der Waals surface area contributed by atoms with E-state index >= 15 is 0 Å². The van der Waals surface area contributed by atoms with Crippen molar-refractivity contribution in [2.75, 3.05) is 18.4 Å². The molecule has 0 radical (unpaired) electrons. The van der Waals surface area contributed by atoms with Gasteiger partial charge in [-0.3, -0.25) is 9.78 Å². The standard InChI is InChI=1S/C28H32FN3O2/c1-18(22-15-21(11-12-23(22)29)28(2,3)27(33)34)16-32-26(19-8-5-4-6-9-19)20-14-25-24(31-17-20)10-7-13-30-25/h4-13,15,18,20,26,31-32H,14,16-17H2,1-3H3,(H,33,34)/t18-,20-,26-/m1/s1. The van der Waals surface area contributed by atoms with Crippen molar-refractivity contribution in [2.24, 2.45) is 5.92 Å². The first-order chi connectivity index (χ1) is 16.3. The number of halogens is 1. The lowest BCUT2D eigenvalue weighted by molar-refractivity contribution is -0.142. The average molecular weight is 462 g/mol. The van der Waals surface area contributed by atoms with Crippen LogP contribution in [0.2, 0.25) is 0 Å². The molecule has 0 unspecified atom stereocenters. The predicted octanol–water partition coefficient (Wildman–Crippen LogP) is 5.30. The Morgan fingerprint density at radius 3 is 2.71 bits per heavy atom. The van der Waals surface area contributed by atoms with Crippen molar-refractivity contribution in [2.45, 2.75) is 44.6 Å². The van der Waals surface area contributed by atoms with Crippen molar-refractivity contribution in [3.05, 3.63) is 95.1 Å². The number of rotatable bonds is 8. The first-order valence-corrected chi connectivity index (χ1v) is 11.8. The number of nitrogens with one attached hydrogen (secondary N) is 2. The Morgan fingerprint density at radius 1 is 1.21 bits per heavy atom. The van der Waals surface area contributed by atoms with Crippen LogP contribution in [0.4, 0.5) is 10.1 Å². The minimum Gasteiger partial charge on any atom is -0.481 e. The zero-order valence-electron chi connectivity index (χ0n) is 19.9. The van der Waals surface area contributed by atoms with Crippen LogP contribution >= 0.6 is 0 Å². The summed E-state index contributed by atoms with van der Waals surface area (Å²) in [6.45, 7) is 6.63. The van der Waals surface area contributed by atoms with Gasteiger partial charge in [-0.2, -0.15) is 0 Å². The molecule has 0 bridgehead atoms. The van der Waals surface area contributed by atoms with Crippen LogP contribution in [0.5, 0.6) is 0 Å². The zero-order chi connectivity index (χ0) is 24.3. The normalized spacial score (nSPS) is 17.4. The number of anilines is 1. The summed E-state index contributed by atoms with van der Waals surface area (Å²) in [5, 5.41) is 16.8. The molecule has 5 nitrogen and oxygen atoms in total. The minimum absolute atomic E-state index is 0.0630. The number of carbonyl (C=O) groups is 1. The molecule has 1 aliphatic rings. The molecule has 0 spiro atoms. The molecule has 0 saturated carbocycles. The molecule has 3 atom stereocenters. The van der Waals surface area contributed by atoms with Gasteiger partial charge >= 0.3 is 5.97 Å². The average Bonchev–Trinajstić information content (AvgIpc) is 2.84. The van der Waals surface area contributed by atoms with Crippen molar-refractivity contribution in [1.29, 1.82) is 0 Å². The number of carboxylic acids is 1. The Balaban J connectivity index is 1.55. The molecular formula is C28H32FN3O2. The summed E-state index contributed by atoms with van der Waals surface area (Å²) in [6, 6.07) is 19.0. The Kier molecular flexibility index (Phi) is 6.98. The molecular weight excluding hydrogens is 429 g/mol. The molecule has 0 fully saturated rings. The highest BCUT2D eigenvalue weighted by Crippen LogP contribution is 2.33. The van der Waals surface area contributed by atoms with Crippen molar-refractivity contribution in [3.8, 4) is 0 Å². The number of benzene rings is 2. The minimum atomic E-state index is -1.09. The van der Waals surface area contributed by atoms with Gasteiger partial charge in [0.2, 0.25) is 0 Å². The van der Waals surface area contributed by atoms with E-state index in [0.717, 1.165) is 24.3 Å². The SMILES string of the molecule is C[C@H](CN[C@H](c1ccccc1)[C@H]1CNc2cccnc2C1)c1cc(C(C)(C)C(=O)O)ccc1F. The summed E-state index contributed by atoms with van der Waals surface area (Å²) in [5.41, 5.74) is 3.36. The number of hydrogen-bond donors (Lipinski definition) is 3. The van der Waals surface area contributed by atoms with Gasteiger partial charge in [0, 0.05) is 31.2 Å². The summed E-state index contributed by atoms with van der Waals surface area (Å²) in [5.74, 6) is -1.11. The second kappa shape index (κ2) is 9.94. The third-order valence-electron chi connectivity index (χ3n) is 6.96. The fourth-order valence-corrected chi connectivity index (χ4v) is 4.62. The molecule has 2 aromatic carbocycles. The van der Waals surface area contributed by atoms with Crippen molar-refractivity contribution in [3.63, 3.8) is 0 Å². The Bertz CT molecular complexity index is 1150. The van der Waals surface area contributed by atoms with Crippen LogP contribution in [-0.2, 0) is 16.6 Å². The third kappa shape index (κ3) is 4.97. The third-order valence-corrected chi connectivity index (χ3v) is 6.96. The van der Waals surface area contributed by atoms with Crippen LogP contribution in [0, 0.1) is 11.7 Å². The van der Waals surface area contributed by atoms with E-state index in [1.54, 1.807) is 26.0 Å². The molecule has 3 aromatic rings. The van der Waals surface area contributed by atoms with Crippen molar-refractivity contribution >= 4 is 11.7 Å². The van der Waals surface area contributed by atoms with Crippen LogP contribution in [0.15, 0.2) is 66.9 Å². The summed E-state index contributed by atoms with van der Waals surface area (Å²) in [7, 11) is 0. The van der Waals surface area contributed by atoms with Crippen LogP contribution in [0.25, 0.3) is 0 Å². The van der Waals surface area contributed by atoms with Gasteiger partial charge in [0.15, 0.2) is 0 Å². The van der Waals surface area contributed by atoms with E-state index in [2.05, 4.69) is 33.8 Å². The van der Waals surface area contributed by atoms with Gasteiger partial charge in [0.25, 0.3) is 0 Å². The molecule has 1 aromatic heterocycles. The summed E-state index contributed by atoms with van der Waals surface area (Å²) in [4.78, 5) is 16.3. The zero-order valence-corrected chi connectivity index (χ0v) is 19.9. The Hall–Kier alpha value is -3.25. The highest BCUT2D eigenvalue weighted by molar-refractivity contribution is 5.80. The maximum atomic E-state index is 14.8. The molecule has 2 heterocycles. The van der Waals surface area contributed by atoms with E-state index in [0.29, 0.717) is 17.7 Å². The van der Waals surface area contributed by atoms with Gasteiger partial charge in [0.05, 0.1) is 16.8 Å². The molecule has 4 rings (SSSR count). The second-order valence-electron chi connectivity index (χ2n) is 9.71. The smallest absolute Gasteiger partial charge is 0.313 e. The van der Waals surface area contributed by atoms with Gasteiger partial charge in [0.1, 0.15) is 5.82 Å². The second-order valence-corrected chi connectivity index (χ2v) is 9.71. The molecule has 178 valence electrons. The van der Waals surface area contributed by atoms with E-state index in [9.17, 15) is 14.3 Å². The maximum absolute atomic E-state index is 14.8. The first-order valence-electron chi connectivity index (χ1n) is 11.8.